The van der Waals surface area contributed by atoms with Crippen LogP contribution in [0.25, 0.3) is 10.9 Å². The van der Waals surface area contributed by atoms with Gasteiger partial charge < -0.3 is 14.6 Å². The summed E-state index contributed by atoms with van der Waals surface area (Å²) in [5.74, 6) is 0.997. The second-order valence-corrected chi connectivity index (χ2v) is 6.97. The van der Waals surface area contributed by atoms with Gasteiger partial charge in [-0.05, 0) is 32.2 Å². The molecule has 0 saturated carbocycles. The van der Waals surface area contributed by atoms with E-state index in [0.29, 0.717) is 0 Å². The molecule has 23 heavy (non-hydrogen) atoms. The number of likely N-dealkylation sites (N-methyl/N-ethyl adjacent to an activating group) is 1. The van der Waals surface area contributed by atoms with E-state index in [2.05, 4.69) is 65.3 Å². The Labute approximate surface area is 140 Å². The molecule has 0 aliphatic carbocycles. The van der Waals surface area contributed by atoms with Gasteiger partial charge in [-0.3, -0.25) is 0 Å². The van der Waals surface area contributed by atoms with Gasteiger partial charge in [0.05, 0.1) is 12.1 Å². The van der Waals surface area contributed by atoms with E-state index in [4.69, 9.17) is 4.74 Å². The Morgan fingerprint density at radius 3 is 2.78 bits per heavy atom. The lowest BCUT2D eigenvalue weighted by Crippen LogP contribution is -2.35. The predicted octanol–water partition coefficient (Wildman–Crippen LogP) is 4.08. The van der Waals surface area contributed by atoms with Crippen LogP contribution in [0.5, 0.6) is 5.75 Å². The van der Waals surface area contributed by atoms with Crippen LogP contribution in [0, 0.1) is 6.92 Å². The standard InChI is InChI=1S/C19H20N2OS/c1-13-19(23-15-7-4-3-5-8-15)16-9-6-10-17-18(16)21(13)12-14(22-17)11-20-2/h3-10,14,20H,11-12H2,1-2H3. The van der Waals surface area contributed by atoms with Gasteiger partial charge in [0.2, 0.25) is 0 Å². The fourth-order valence-electron chi connectivity index (χ4n) is 3.28. The molecule has 1 atom stereocenters. The highest BCUT2D eigenvalue weighted by Gasteiger charge is 2.26. The van der Waals surface area contributed by atoms with E-state index in [0.717, 1.165) is 18.8 Å². The summed E-state index contributed by atoms with van der Waals surface area (Å²) in [6, 6.07) is 16.9. The van der Waals surface area contributed by atoms with E-state index in [-0.39, 0.29) is 6.10 Å². The summed E-state index contributed by atoms with van der Waals surface area (Å²) >= 11 is 1.84. The van der Waals surface area contributed by atoms with Crippen LogP contribution in [0.15, 0.2) is 58.3 Å². The lowest BCUT2D eigenvalue weighted by molar-refractivity contribution is 0.170. The van der Waals surface area contributed by atoms with Crippen molar-refractivity contribution in [3.63, 3.8) is 0 Å². The van der Waals surface area contributed by atoms with Crippen molar-refractivity contribution in [2.24, 2.45) is 0 Å². The Morgan fingerprint density at radius 1 is 1.17 bits per heavy atom. The molecular formula is C19H20N2OS. The largest absolute Gasteiger partial charge is 0.485 e. The number of nitrogens with one attached hydrogen (secondary N) is 1. The summed E-state index contributed by atoms with van der Waals surface area (Å²) in [6.07, 6.45) is 0.179. The molecule has 3 aromatic rings. The molecule has 0 amide bonds. The van der Waals surface area contributed by atoms with Crippen molar-refractivity contribution < 1.29 is 4.74 Å². The van der Waals surface area contributed by atoms with E-state index >= 15 is 0 Å². The SMILES string of the molecule is CNCC1Cn2c(C)c(Sc3ccccc3)c3cccc(c32)O1. The zero-order valence-corrected chi connectivity index (χ0v) is 14.2. The molecule has 1 N–H and O–H groups in total. The fourth-order valence-corrected chi connectivity index (χ4v) is 4.34. The molecule has 4 rings (SSSR count). The smallest absolute Gasteiger partial charge is 0.144 e. The first kappa shape index (κ1) is 14.7. The number of para-hydroxylation sites is 1. The Hall–Kier alpha value is -1.91. The molecule has 0 saturated heterocycles. The highest BCUT2D eigenvalue weighted by atomic mass is 32.2. The second-order valence-electron chi connectivity index (χ2n) is 5.89. The summed E-state index contributed by atoms with van der Waals surface area (Å²) in [5.41, 5.74) is 2.56. The molecule has 0 radical (unpaired) electrons. The van der Waals surface area contributed by atoms with E-state index < -0.39 is 0 Å². The Balaban J connectivity index is 1.82. The lowest BCUT2D eigenvalue weighted by Gasteiger charge is -2.26. The number of rotatable bonds is 4. The molecule has 3 nitrogen and oxygen atoms in total. The Bertz CT molecular complexity index is 841. The highest BCUT2D eigenvalue weighted by Crippen LogP contribution is 2.43. The average molecular weight is 324 g/mol. The molecule has 1 aliphatic rings. The Kier molecular flexibility index (Phi) is 3.79. The molecule has 0 fully saturated rings. The van der Waals surface area contributed by atoms with Crippen molar-refractivity contribution >= 4 is 22.7 Å². The van der Waals surface area contributed by atoms with Gasteiger partial charge in [0.15, 0.2) is 0 Å². The van der Waals surface area contributed by atoms with Gasteiger partial charge >= 0.3 is 0 Å². The Morgan fingerprint density at radius 2 is 2.00 bits per heavy atom. The van der Waals surface area contributed by atoms with E-state index in [1.807, 2.05) is 18.8 Å². The van der Waals surface area contributed by atoms with Crippen molar-refractivity contribution in [1.82, 2.24) is 9.88 Å². The van der Waals surface area contributed by atoms with Crippen molar-refractivity contribution in [2.75, 3.05) is 13.6 Å². The van der Waals surface area contributed by atoms with Crippen LogP contribution in [0.3, 0.4) is 0 Å². The molecule has 1 aromatic heterocycles. The minimum Gasteiger partial charge on any atom is -0.485 e. The number of hydrogen-bond acceptors (Lipinski definition) is 3. The molecule has 0 spiro atoms. The van der Waals surface area contributed by atoms with Crippen LogP contribution in [-0.2, 0) is 6.54 Å². The van der Waals surface area contributed by atoms with Gasteiger partial charge in [0, 0.05) is 27.4 Å². The third kappa shape index (κ3) is 2.52. The van der Waals surface area contributed by atoms with Crippen LogP contribution < -0.4 is 10.1 Å². The van der Waals surface area contributed by atoms with Crippen LogP contribution in [0.1, 0.15) is 5.69 Å². The first-order chi connectivity index (χ1) is 11.3. The van der Waals surface area contributed by atoms with Crippen LogP contribution in [-0.4, -0.2) is 24.3 Å². The number of ether oxygens (including phenoxy) is 1. The second kappa shape index (κ2) is 5.95. The van der Waals surface area contributed by atoms with Gasteiger partial charge in [-0.2, -0.15) is 0 Å². The molecule has 2 heterocycles. The van der Waals surface area contributed by atoms with Gasteiger partial charge in [-0.1, -0.05) is 42.1 Å². The van der Waals surface area contributed by atoms with Crippen LogP contribution in [0.2, 0.25) is 0 Å². The molecule has 4 heteroatoms. The summed E-state index contributed by atoms with van der Waals surface area (Å²) in [6.45, 7) is 3.97. The fraction of sp³-hybridized carbons (Fsp3) is 0.263. The number of benzene rings is 2. The zero-order valence-electron chi connectivity index (χ0n) is 13.4. The predicted molar refractivity (Wildman–Crippen MR) is 95.6 cm³/mol. The monoisotopic (exact) mass is 324 g/mol. The maximum Gasteiger partial charge on any atom is 0.144 e. The highest BCUT2D eigenvalue weighted by molar-refractivity contribution is 7.99. The van der Waals surface area contributed by atoms with Crippen molar-refractivity contribution in [2.45, 2.75) is 29.4 Å². The summed E-state index contributed by atoms with van der Waals surface area (Å²) in [4.78, 5) is 2.61. The van der Waals surface area contributed by atoms with E-state index in [1.165, 1.54) is 26.4 Å². The van der Waals surface area contributed by atoms with E-state index in [9.17, 15) is 0 Å². The van der Waals surface area contributed by atoms with E-state index in [1.54, 1.807) is 0 Å². The quantitative estimate of drug-likeness (QED) is 0.783. The average Bonchev–Trinajstić information content (AvgIpc) is 2.84. The first-order valence-corrected chi connectivity index (χ1v) is 8.75. The number of hydrogen-bond donors (Lipinski definition) is 1. The normalized spacial score (nSPS) is 16.5. The third-order valence-corrected chi connectivity index (χ3v) is 5.55. The molecule has 1 aliphatic heterocycles. The molecule has 0 bridgehead atoms. The molecule has 118 valence electrons. The maximum atomic E-state index is 6.17. The minimum atomic E-state index is 0.179. The summed E-state index contributed by atoms with van der Waals surface area (Å²) in [7, 11) is 1.97. The minimum absolute atomic E-state index is 0.179. The molecule has 2 aromatic carbocycles. The van der Waals surface area contributed by atoms with Crippen LogP contribution in [0.4, 0.5) is 0 Å². The van der Waals surface area contributed by atoms with Crippen LogP contribution >= 0.6 is 11.8 Å². The third-order valence-electron chi connectivity index (χ3n) is 4.32. The number of aromatic nitrogens is 1. The zero-order chi connectivity index (χ0) is 15.8. The lowest BCUT2D eigenvalue weighted by atomic mass is 10.2. The summed E-state index contributed by atoms with van der Waals surface area (Å²) in [5, 5.41) is 4.51. The van der Waals surface area contributed by atoms with Crippen molar-refractivity contribution in [1.29, 1.82) is 0 Å². The first-order valence-electron chi connectivity index (χ1n) is 7.94. The topological polar surface area (TPSA) is 26.2 Å². The van der Waals surface area contributed by atoms with Gasteiger partial charge in [0.1, 0.15) is 11.9 Å². The molecule has 1 unspecified atom stereocenters. The van der Waals surface area contributed by atoms with Crippen molar-refractivity contribution in [3.8, 4) is 5.75 Å². The maximum absolute atomic E-state index is 6.17. The van der Waals surface area contributed by atoms with Gasteiger partial charge in [-0.25, -0.2) is 0 Å². The van der Waals surface area contributed by atoms with Gasteiger partial charge in [0.25, 0.3) is 0 Å². The van der Waals surface area contributed by atoms with Crippen molar-refractivity contribution in [3.05, 3.63) is 54.2 Å². The summed E-state index contributed by atoms with van der Waals surface area (Å²) < 4.78 is 8.59. The molecular weight excluding hydrogens is 304 g/mol. The van der Waals surface area contributed by atoms with Gasteiger partial charge in [-0.15, -0.1) is 0 Å². The number of nitrogens with zero attached hydrogens (tertiary/aromatic N) is 1.